The largest absolute Gasteiger partial charge is 0.497 e. The third-order valence-corrected chi connectivity index (χ3v) is 4.03. The van der Waals surface area contributed by atoms with Gasteiger partial charge in [-0.05, 0) is 50.2 Å². The average Bonchev–Trinajstić information content (AvgIpc) is 3.05. The lowest BCUT2D eigenvalue weighted by atomic mass is 10.1. The van der Waals surface area contributed by atoms with Gasteiger partial charge in [0.2, 0.25) is 0 Å². The molecule has 1 fully saturated rings. The van der Waals surface area contributed by atoms with Crippen molar-refractivity contribution in [2.45, 2.75) is 31.9 Å². The van der Waals surface area contributed by atoms with Gasteiger partial charge >= 0.3 is 0 Å². The number of rotatable bonds is 6. The molecule has 0 saturated carbocycles. The maximum atomic E-state index is 5.57. The van der Waals surface area contributed by atoms with E-state index in [1.807, 2.05) is 25.1 Å². The third-order valence-electron chi connectivity index (χ3n) is 3.77. The van der Waals surface area contributed by atoms with Gasteiger partial charge < -0.3 is 24.8 Å². The Hall–Kier alpha value is -1.53. The van der Waals surface area contributed by atoms with Crippen LogP contribution in [0, 0.1) is 0 Å². The number of nitrogens with one attached hydrogen (secondary N) is 2. The number of benzene rings is 1. The topological polar surface area (TPSA) is 51.8 Å². The van der Waals surface area contributed by atoms with Crippen LogP contribution in [0.25, 0.3) is 0 Å². The second kappa shape index (κ2) is 8.19. The van der Waals surface area contributed by atoms with Crippen LogP contribution in [0.5, 0.6) is 11.5 Å². The third kappa shape index (κ3) is 4.48. The van der Waals surface area contributed by atoms with Crippen LogP contribution in [0.2, 0.25) is 0 Å². The Labute approximate surface area is 137 Å². The molecule has 1 saturated heterocycles. The van der Waals surface area contributed by atoms with Gasteiger partial charge in [-0.15, -0.1) is 0 Å². The van der Waals surface area contributed by atoms with E-state index in [4.69, 9.17) is 26.4 Å². The van der Waals surface area contributed by atoms with E-state index in [-0.39, 0.29) is 12.1 Å². The molecule has 1 heterocycles. The van der Waals surface area contributed by atoms with Crippen molar-refractivity contribution in [3.05, 3.63) is 23.8 Å². The molecule has 122 valence electrons. The van der Waals surface area contributed by atoms with Crippen LogP contribution >= 0.6 is 12.2 Å². The molecule has 22 heavy (non-hydrogen) atoms. The summed E-state index contributed by atoms with van der Waals surface area (Å²) in [4.78, 5) is 0. The minimum absolute atomic E-state index is 0.00884. The van der Waals surface area contributed by atoms with E-state index in [1.54, 1.807) is 14.2 Å². The molecule has 2 N–H and O–H groups in total. The average molecular weight is 324 g/mol. The molecule has 2 atom stereocenters. The van der Waals surface area contributed by atoms with E-state index >= 15 is 0 Å². The van der Waals surface area contributed by atoms with Crippen LogP contribution in [0.3, 0.4) is 0 Å². The van der Waals surface area contributed by atoms with Crippen molar-refractivity contribution < 1.29 is 14.2 Å². The smallest absolute Gasteiger partial charge is 0.166 e. The Morgan fingerprint density at radius 1 is 1.41 bits per heavy atom. The molecule has 1 aliphatic heterocycles. The van der Waals surface area contributed by atoms with Crippen LogP contribution in [0.4, 0.5) is 0 Å². The van der Waals surface area contributed by atoms with Crippen LogP contribution in [0.15, 0.2) is 18.2 Å². The summed E-state index contributed by atoms with van der Waals surface area (Å²) in [6, 6.07) is 5.74. The van der Waals surface area contributed by atoms with Gasteiger partial charge in [0.05, 0.1) is 26.4 Å². The Morgan fingerprint density at radius 3 is 2.86 bits per heavy atom. The maximum Gasteiger partial charge on any atom is 0.166 e. The Morgan fingerprint density at radius 2 is 2.23 bits per heavy atom. The molecule has 2 rings (SSSR count). The summed E-state index contributed by atoms with van der Waals surface area (Å²) >= 11 is 5.36. The maximum absolute atomic E-state index is 5.57. The van der Waals surface area contributed by atoms with Gasteiger partial charge in [-0.2, -0.15) is 0 Å². The molecule has 0 amide bonds. The zero-order valence-corrected chi connectivity index (χ0v) is 14.2. The first-order valence-electron chi connectivity index (χ1n) is 7.52. The summed E-state index contributed by atoms with van der Waals surface area (Å²) in [5.41, 5.74) is 1.00. The van der Waals surface area contributed by atoms with Gasteiger partial charge in [-0.1, -0.05) is 0 Å². The first kappa shape index (κ1) is 16.8. The van der Waals surface area contributed by atoms with E-state index < -0.39 is 0 Å². The molecule has 1 aromatic carbocycles. The molecule has 5 nitrogen and oxygen atoms in total. The SMILES string of the molecule is COc1ccc(OC)c(C(C)NC(=S)NCC2CCCO2)c1. The van der Waals surface area contributed by atoms with E-state index in [2.05, 4.69) is 10.6 Å². The van der Waals surface area contributed by atoms with E-state index in [0.29, 0.717) is 5.11 Å². The molecule has 2 unspecified atom stereocenters. The highest BCUT2D eigenvalue weighted by molar-refractivity contribution is 7.80. The molecular formula is C16H24N2O3S. The summed E-state index contributed by atoms with van der Waals surface area (Å²) in [7, 11) is 3.31. The molecule has 0 aliphatic carbocycles. The minimum atomic E-state index is 0.00884. The van der Waals surface area contributed by atoms with Gasteiger partial charge in [0.15, 0.2) is 5.11 Å². The van der Waals surface area contributed by atoms with Crippen molar-refractivity contribution in [1.82, 2.24) is 10.6 Å². The Balaban J connectivity index is 1.92. The second-order valence-electron chi connectivity index (χ2n) is 5.32. The minimum Gasteiger partial charge on any atom is -0.497 e. The van der Waals surface area contributed by atoms with Crippen LogP contribution in [0.1, 0.15) is 31.4 Å². The molecule has 1 aromatic rings. The molecule has 0 spiro atoms. The molecule has 0 aromatic heterocycles. The lowest BCUT2D eigenvalue weighted by Crippen LogP contribution is -2.40. The predicted octanol–water partition coefficient (Wildman–Crippen LogP) is 2.41. The number of methoxy groups -OCH3 is 2. The quantitative estimate of drug-likeness (QED) is 0.784. The normalized spacial score (nSPS) is 18.6. The first-order valence-corrected chi connectivity index (χ1v) is 7.92. The van der Waals surface area contributed by atoms with E-state index in [1.165, 1.54) is 0 Å². The van der Waals surface area contributed by atoms with Crippen LogP contribution < -0.4 is 20.1 Å². The van der Waals surface area contributed by atoms with Gasteiger partial charge in [-0.25, -0.2) is 0 Å². The standard InChI is InChI=1S/C16H24N2O3S/c1-11(14-9-12(19-2)6-7-15(14)20-3)18-16(22)17-10-13-5-4-8-21-13/h6-7,9,11,13H,4-5,8,10H2,1-3H3,(H2,17,18,22). The van der Waals surface area contributed by atoms with Crippen molar-refractivity contribution in [2.75, 3.05) is 27.4 Å². The summed E-state index contributed by atoms with van der Waals surface area (Å²) in [6.45, 7) is 3.63. The predicted molar refractivity (Wildman–Crippen MR) is 90.7 cm³/mol. The molecule has 0 bridgehead atoms. The van der Waals surface area contributed by atoms with Crippen molar-refractivity contribution in [3.63, 3.8) is 0 Å². The summed E-state index contributed by atoms with van der Waals surface area (Å²) < 4.78 is 16.3. The van der Waals surface area contributed by atoms with E-state index in [9.17, 15) is 0 Å². The van der Waals surface area contributed by atoms with E-state index in [0.717, 1.165) is 43.1 Å². The van der Waals surface area contributed by atoms with Gasteiger partial charge in [0.25, 0.3) is 0 Å². The molecular weight excluding hydrogens is 300 g/mol. The first-order chi connectivity index (χ1) is 10.6. The summed E-state index contributed by atoms with van der Waals surface area (Å²) in [6.07, 6.45) is 2.49. The Bertz CT molecular complexity index is 504. The second-order valence-corrected chi connectivity index (χ2v) is 5.73. The zero-order chi connectivity index (χ0) is 15.9. The number of thiocarbonyl (C=S) groups is 1. The monoisotopic (exact) mass is 324 g/mol. The van der Waals surface area contributed by atoms with Gasteiger partial charge in [0, 0.05) is 18.7 Å². The molecule has 0 radical (unpaired) electrons. The number of hydrogen-bond acceptors (Lipinski definition) is 4. The van der Waals surface area contributed by atoms with Crippen molar-refractivity contribution >= 4 is 17.3 Å². The van der Waals surface area contributed by atoms with Crippen LogP contribution in [-0.2, 0) is 4.74 Å². The van der Waals surface area contributed by atoms with Gasteiger partial charge in [0.1, 0.15) is 11.5 Å². The highest BCUT2D eigenvalue weighted by atomic mass is 32.1. The fourth-order valence-electron chi connectivity index (χ4n) is 2.52. The Kier molecular flexibility index (Phi) is 6.27. The highest BCUT2D eigenvalue weighted by Crippen LogP contribution is 2.29. The van der Waals surface area contributed by atoms with Crippen LogP contribution in [-0.4, -0.2) is 38.6 Å². The van der Waals surface area contributed by atoms with Crippen molar-refractivity contribution in [2.24, 2.45) is 0 Å². The summed E-state index contributed by atoms with van der Waals surface area (Å²) in [5.74, 6) is 1.60. The summed E-state index contributed by atoms with van der Waals surface area (Å²) in [5, 5.41) is 7.11. The fraction of sp³-hybridized carbons (Fsp3) is 0.562. The lowest BCUT2D eigenvalue weighted by Gasteiger charge is -2.21. The molecule has 1 aliphatic rings. The fourth-order valence-corrected chi connectivity index (χ4v) is 2.78. The zero-order valence-electron chi connectivity index (χ0n) is 13.3. The molecule has 6 heteroatoms. The van der Waals surface area contributed by atoms with Crippen molar-refractivity contribution in [3.8, 4) is 11.5 Å². The van der Waals surface area contributed by atoms with Crippen molar-refractivity contribution in [1.29, 1.82) is 0 Å². The number of ether oxygens (including phenoxy) is 3. The number of hydrogen-bond donors (Lipinski definition) is 2. The van der Waals surface area contributed by atoms with Gasteiger partial charge in [-0.3, -0.25) is 0 Å². The highest BCUT2D eigenvalue weighted by Gasteiger charge is 2.17. The lowest BCUT2D eigenvalue weighted by molar-refractivity contribution is 0.114.